The fraction of sp³-hybridized carbons (Fsp3) is 0.467. The molecule has 0 saturated carbocycles. The third-order valence-corrected chi connectivity index (χ3v) is 4.60. The van der Waals surface area contributed by atoms with Gasteiger partial charge in [-0.3, -0.25) is 11.3 Å². The number of hydrogen-bond acceptors (Lipinski definition) is 3. The highest BCUT2D eigenvalue weighted by Gasteiger charge is 2.13. The van der Waals surface area contributed by atoms with Gasteiger partial charge in [-0.05, 0) is 30.0 Å². The molecule has 0 aliphatic rings. The second-order valence-corrected chi connectivity index (χ2v) is 6.01. The van der Waals surface area contributed by atoms with Gasteiger partial charge in [0.25, 0.3) is 0 Å². The predicted molar refractivity (Wildman–Crippen MR) is 80.6 cm³/mol. The van der Waals surface area contributed by atoms with E-state index in [1.807, 2.05) is 6.07 Å². The topological polar surface area (TPSA) is 38.0 Å². The number of halogens is 1. The Labute approximate surface area is 117 Å². The van der Waals surface area contributed by atoms with Gasteiger partial charge in [-0.1, -0.05) is 38.7 Å². The van der Waals surface area contributed by atoms with Crippen LogP contribution < -0.4 is 11.3 Å². The Bertz CT molecular complexity index is 524. The lowest BCUT2D eigenvalue weighted by atomic mass is 10.1. The lowest BCUT2D eigenvalue weighted by Crippen LogP contribution is -2.27. The van der Waals surface area contributed by atoms with Gasteiger partial charge in [-0.15, -0.1) is 11.3 Å². The highest BCUT2D eigenvalue weighted by Crippen LogP contribution is 2.32. The Kier molecular flexibility index (Phi) is 5.31. The van der Waals surface area contributed by atoms with E-state index in [-0.39, 0.29) is 11.9 Å². The Balaban J connectivity index is 2.07. The Morgan fingerprint density at radius 3 is 2.84 bits per heavy atom. The SMILES string of the molecule is CCCCCCC(NN)c1cc2ccc(F)cc2s1. The highest BCUT2D eigenvalue weighted by atomic mass is 32.1. The fourth-order valence-electron chi connectivity index (χ4n) is 2.28. The number of nitrogens with one attached hydrogen (secondary N) is 1. The second kappa shape index (κ2) is 6.98. The zero-order valence-corrected chi connectivity index (χ0v) is 12.1. The van der Waals surface area contributed by atoms with Crippen LogP contribution in [0.3, 0.4) is 0 Å². The van der Waals surface area contributed by atoms with Crippen LogP contribution in [-0.2, 0) is 0 Å². The second-order valence-electron chi connectivity index (χ2n) is 4.90. The smallest absolute Gasteiger partial charge is 0.124 e. The number of nitrogens with two attached hydrogens (primary N) is 1. The number of hydrazine groups is 1. The van der Waals surface area contributed by atoms with Gasteiger partial charge in [0.15, 0.2) is 0 Å². The van der Waals surface area contributed by atoms with Gasteiger partial charge in [0.05, 0.1) is 6.04 Å². The number of thiophene rings is 1. The van der Waals surface area contributed by atoms with Crippen LogP contribution in [-0.4, -0.2) is 0 Å². The number of unbranched alkanes of at least 4 members (excludes halogenated alkanes) is 3. The van der Waals surface area contributed by atoms with Crippen LogP contribution >= 0.6 is 11.3 Å². The minimum Gasteiger partial charge on any atom is -0.271 e. The summed E-state index contributed by atoms with van der Waals surface area (Å²) < 4.78 is 14.2. The molecule has 2 aromatic rings. The molecule has 4 heteroatoms. The van der Waals surface area contributed by atoms with E-state index in [0.717, 1.165) is 16.5 Å². The first kappa shape index (κ1) is 14.4. The summed E-state index contributed by atoms with van der Waals surface area (Å²) in [5.74, 6) is 5.47. The summed E-state index contributed by atoms with van der Waals surface area (Å²) in [5.41, 5.74) is 2.89. The molecule has 0 fully saturated rings. The number of benzene rings is 1. The van der Waals surface area contributed by atoms with E-state index in [4.69, 9.17) is 5.84 Å². The maximum absolute atomic E-state index is 13.2. The Morgan fingerprint density at radius 1 is 1.26 bits per heavy atom. The lowest BCUT2D eigenvalue weighted by molar-refractivity contribution is 0.488. The monoisotopic (exact) mass is 280 g/mol. The molecule has 2 rings (SSSR count). The molecule has 19 heavy (non-hydrogen) atoms. The summed E-state index contributed by atoms with van der Waals surface area (Å²) in [4.78, 5) is 1.19. The van der Waals surface area contributed by atoms with Gasteiger partial charge in [-0.2, -0.15) is 0 Å². The van der Waals surface area contributed by atoms with Crippen LogP contribution in [0.4, 0.5) is 4.39 Å². The van der Waals surface area contributed by atoms with Crippen molar-refractivity contribution in [2.24, 2.45) is 5.84 Å². The largest absolute Gasteiger partial charge is 0.271 e. The summed E-state index contributed by atoms with van der Waals surface area (Å²) in [6, 6.07) is 7.22. The first-order valence-electron chi connectivity index (χ1n) is 6.89. The molecule has 0 saturated heterocycles. The molecule has 1 heterocycles. The summed E-state index contributed by atoms with van der Waals surface area (Å²) in [7, 11) is 0. The van der Waals surface area contributed by atoms with Crippen LogP contribution in [0.15, 0.2) is 24.3 Å². The molecule has 104 valence electrons. The third kappa shape index (κ3) is 3.75. The molecular weight excluding hydrogens is 259 g/mol. The van der Waals surface area contributed by atoms with Crippen molar-refractivity contribution in [2.75, 3.05) is 0 Å². The number of hydrogen-bond donors (Lipinski definition) is 2. The van der Waals surface area contributed by atoms with Crippen molar-refractivity contribution in [1.29, 1.82) is 0 Å². The van der Waals surface area contributed by atoms with Crippen molar-refractivity contribution in [3.8, 4) is 0 Å². The Morgan fingerprint density at radius 2 is 2.11 bits per heavy atom. The molecule has 2 nitrogen and oxygen atoms in total. The first-order valence-corrected chi connectivity index (χ1v) is 7.71. The van der Waals surface area contributed by atoms with E-state index in [1.165, 1.54) is 36.6 Å². The minimum absolute atomic E-state index is 0.178. The molecule has 1 atom stereocenters. The third-order valence-electron chi connectivity index (χ3n) is 3.39. The average molecular weight is 280 g/mol. The first-order chi connectivity index (χ1) is 9.24. The maximum atomic E-state index is 13.2. The highest BCUT2D eigenvalue weighted by molar-refractivity contribution is 7.19. The van der Waals surface area contributed by atoms with Crippen molar-refractivity contribution in [3.05, 3.63) is 35.0 Å². The molecule has 1 aromatic carbocycles. The quantitative estimate of drug-likeness (QED) is 0.445. The zero-order chi connectivity index (χ0) is 13.7. The normalized spacial score (nSPS) is 13.0. The summed E-state index contributed by atoms with van der Waals surface area (Å²) in [6.45, 7) is 2.21. The predicted octanol–water partition coefficient (Wildman–Crippen LogP) is 4.52. The van der Waals surface area contributed by atoms with E-state index in [2.05, 4.69) is 18.4 Å². The standard InChI is InChI=1S/C15H21FN2S/c1-2-3-4-5-6-13(18-17)15-9-11-7-8-12(16)10-14(11)19-15/h7-10,13,18H,2-6,17H2,1H3. The maximum Gasteiger partial charge on any atom is 0.124 e. The minimum atomic E-state index is -0.180. The van der Waals surface area contributed by atoms with Crippen molar-refractivity contribution in [2.45, 2.75) is 45.1 Å². The number of rotatable bonds is 7. The molecular formula is C15H21FN2S. The average Bonchev–Trinajstić information content (AvgIpc) is 2.81. The van der Waals surface area contributed by atoms with Crippen LogP contribution in [0.1, 0.15) is 49.9 Å². The molecule has 0 amide bonds. The van der Waals surface area contributed by atoms with Crippen LogP contribution in [0.2, 0.25) is 0 Å². The van der Waals surface area contributed by atoms with Crippen molar-refractivity contribution in [3.63, 3.8) is 0 Å². The van der Waals surface area contributed by atoms with Gasteiger partial charge in [0.1, 0.15) is 5.82 Å². The van der Waals surface area contributed by atoms with E-state index < -0.39 is 0 Å². The van der Waals surface area contributed by atoms with Crippen LogP contribution in [0.5, 0.6) is 0 Å². The molecule has 0 radical (unpaired) electrons. The lowest BCUT2D eigenvalue weighted by Gasteiger charge is -2.13. The van der Waals surface area contributed by atoms with Crippen LogP contribution in [0.25, 0.3) is 10.1 Å². The molecule has 0 aliphatic carbocycles. The van der Waals surface area contributed by atoms with Crippen LogP contribution in [0, 0.1) is 5.82 Å². The summed E-state index contributed by atoms with van der Waals surface area (Å²) in [6.07, 6.45) is 5.96. The van der Waals surface area contributed by atoms with Crippen molar-refractivity contribution < 1.29 is 4.39 Å². The molecule has 0 bridgehead atoms. The van der Waals surface area contributed by atoms with E-state index in [0.29, 0.717) is 0 Å². The van der Waals surface area contributed by atoms with E-state index in [1.54, 1.807) is 17.4 Å². The summed E-state index contributed by atoms with van der Waals surface area (Å²) in [5, 5.41) is 1.09. The molecule has 3 N–H and O–H groups in total. The molecule has 1 unspecified atom stereocenters. The van der Waals surface area contributed by atoms with Gasteiger partial charge < -0.3 is 0 Å². The molecule has 0 spiro atoms. The van der Waals surface area contributed by atoms with Gasteiger partial charge in [0, 0.05) is 9.58 Å². The van der Waals surface area contributed by atoms with Crippen molar-refractivity contribution >= 4 is 21.4 Å². The van der Waals surface area contributed by atoms with E-state index in [9.17, 15) is 4.39 Å². The summed E-state index contributed by atoms with van der Waals surface area (Å²) >= 11 is 1.63. The van der Waals surface area contributed by atoms with Crippen molar-refractivity contribution in [1.82, 2.24) is 5.43 Å². The van der Waals surface area contributed by atoms with Gasteiger partial charge >= 0.3 is 0 Å². The van der Waals surface area contributed by atoms with Gasteiger partial charge in [-0.25, -0.2) is 4.39 Å². The Hall–Kier alpha value is -0.970. The number of fused-ring (bicyclic) bond motifs is 1. The zero-order valence-electron chi connectivity index (χ0n) is 11.3. The van der Waals surface area contributed by atoms with Gasteiger partial charge in [0.2, 0.25) is 0 Å². The molecule has 1 aromatic heterocycles. The molecule has 0 aliphatic heterocycles. The van der Waals surface area contributed by atoms with E-state index >= 15 is 0 Å². The fourth-order valence-corrected chi connectivity index (χ4v) is 3.46.